The number of anilines is 3. The first-order valence-corrected chi connectivity index (χ1v) is 12.7. The number of aromatic nitrogens is 1. The molecule has 35 heavy (non-hydrogen) atoms. The van der Waals surface area contributed by atoms with Crippen molar-refractivity contribution in [2.24, 2.45) is 5.92 Å². The minimum atomic E-state index is -4.20. The van der Waals surface area contributed by atoms with Crippen molar-refractivity contribution in [1.29, 1.82) is 0 Å². The quantitative estimate of drug-likeness (QED) is 0.342. The molecule has 1 fully saturated rings. The Labute approximate surface area is 202 Å². The van der Waals surface area contributed by atoms with E-state index in [0.29, 0.717) is 5.56 Å². The van der Waals surface area contributed by atoms with Gasteiger partial charge < -0.3 is 20.3 Å². The summed E-state index contributed by atoms with van der Waals surface area (Å²) < 4.78 is 63.4. The number of aryl methyl sites for hydroxylation is 1. The molecule has 1 heterocycles. The Morgan fingerprint density at radius 1 is 1.23 bits per heavy atom. The summed E-state index contributed by atoms with van der Waals surface area (Å²) in [6, 6.07) is 4.13. The molecule has 0 aliphatic heterocycles. The Balaban J connectivity index is 2.03. The normalized spacial score (nSPS) is 15.8. The zero-order valence-corrected chi connectivity index (χ0v) is 20.7. The van der Waals surface area contributed by atoms with Crippen LogP contribution >= 0.6 is 0 Å². The van der Waals surface area contributed by atoms with Crippen LogP contribution in [0.2, 0.25) is 0 Å². The van der Waals surface area contributed by atoms with Gasteiger partial charge >= 0.3 is 0 Å². The van der Waals surface area contributed by atoms with Gasteiger partial charge in [0.25, 0.3) is 5.56 Å². The van der Waals surface area contributed by atoms with E-state index in [1.165, 1.54) is 12.1 Å². The predicted octanol–water partition coefficient (Wildman–Crippen LogP) is 2.83. The van der Waals surface area contributed by atoms with Crippen LogP contribution in [0.4, 0.5) is 25.8 Å². The van der Waals surface area contributed by atoms with Gasteiger partial charge in [0.2, 0.25) is 15.8 Å². The second kappa shape index (κ2) is 10.6. The van der Waals surface area contributed by atoms with Gasteiger partial charge in [-0.1, -0.05) is 19.9 Å². The average molecular weight is 516 g/mol. The minimum absolute atomic E-state index is 0.145. The summed E-state index contributed by atoms with van der Waals surface area (Å²) in [6.07, 6.45) is 0.0933. The van der Waals surface area contributed by atoms with Crippen molar-refractivity contribution in [2.75, 3.05) is 23.3 Å². The summed E-state index contributed by atoms with van der Waals surface area (Å²) in [7, 11) is -4.20. The zero-order chi connectivity index (χ0) is 26.0. The van der Waals surface area contributed by atoms with Gasteiger partial charge in [-0.05, 0) is 49.8 Å². The van der Waals surface area contributed by atoms with E-state index in [1.807, 2.05) is 13.8 Å². The Bertz CT molecular complexity index is 1230. The highest BCUT2D eigenvalue weighted by atomic mass is 32.2. The summed E-state index contributed by atoms with van der Waals surface area (Å²) in [5, 5.41) is 21.5. The molecule has 1 aliphatic rings. The molecule has 0 bridgehead atoms. The van der Waals surface area contributed by atoms with Crippen LogP contribution in [-0.4, -0.2) is 47.3 Å². The molecule has 12 heteroatoms. The van der Waals surface area contributed by atoms with Gasteiger partial charge in [-0.25, -0.2) is 12.8 Å². The van der Waals surface area contributed by atoms with E-state index in [0.717, 1.165) is 10.8 Å². The number of nitrogens with one attached hydrogen (secondary N) is 2. The molecule has 2 aromatic rings. The van der Waals surface area contributed by atoms with Crippen LogP contribution in [0.5, 0.6) is 0 Å². The van der Waals surface area contributed by atoms with E-state index in [1.54, 1.807) is 13.0 Å². The SMILES string of the molecule is Cc1ccc(Nc2c(NS(=O)(=O)C3(CC(O)CO)CC3)cn(COCC(C)C)c(=O)c2F)c(F)c1. The van der Waals surface area contributed by atoms with E-state index in [-0.39, 0.29) is 49.9 Å². The lowest BCUT2D eigenvalue weighted by Gasteiger charge is -2.22. The lowest BCUT2D eigenvalue weighted by atomic mass is 10.2. The maximum Gasteiger partial charge on any atom is 0.290 e. The van der Waals surface area contributed by atoms with Gasteiger partial charge in [0, 0.05) is 6.20 Å². The van der Waals surface area contributed by atoms with Crippen molar-refractivity contribution in [3.05, 3.63) is 51.9 Å². The number of aliphatic hydroxyl groups excluding tert-OH is 2. The van der Waals surface area contributed by atoms with Crippen LogP contribution in [0.3, 0.4) is 0 Å². The van der Waals surface area contributed by atoms with Crippen molar-refractivity contribution < 1.29 is 32.1 Å². The van der Waals surface area contributed by atoms with Gasteiger partial charge in [0.15, 0.2) is 0 Å². The van der Waals surface area contributed by atoms with Crippen molar-refractivity contribution in [1.82, 2.24) is 4.57 Å². The number of sulfonamides is 1. The maximum atomic E-state index is 15.3. The minimum Gasteiger partial charge on any atom is -0.394 e. The molecule has 0 spiro atoms. The molecule has 1 aromatic carbocycles. The fraction of sp³-hybridized carbons (Fsp3) is 0.522. The summed E-state index contributed by atoms with van der Waals surface area (Å²) in [5.74, 6) is -1.89. The number of pyridine rings is 1. The first-order valence-electron chi connectivity index (χ1n) is 11.2. The van der Waals surface area contributed by atoms with Crippen molar-refractivity contribution in [3.8, 4) is 0 Å². The third-order valence-electron chi connectivity index (χ3n) is 5.73. The summed E-state index contributed by atoms with van der Waals surface area (Å²) in [6.45, 7) is 4.80. The van der Waals surface area contributed by atoms with Crippen LogP contribution in [-0.2, 0) is 21.5 Å². The number of ether oxygens (including phenoxy) is 1. The Hall–Kier alpha value is -2.54. The van der Waals surface area contributed by atoms with Crippen LogP contribution in [0.25, 0.3) is 0 Å². The second-order valence-electron chi connectivity index (χ2n) is 9.34. The lowest BCUT2D eigenvalue weighted by Crippen LogP contribution is -2.35. The highest BCUT2D eigenvalue weighted by molar-refractivity contribution is 7.94. The molecule has 9 nitrogen and oxygen atoms in total. The van der Waals surface area contributed by atoms with Gasteiger partial charge in [-0.3, -0.25) is 14.1 Å². The largest absolute Gasteiger partial charge is 0.394 e. The first kappa shape index (κ1) is 27.1. The van der Waals surface area contributed by atoms with Crippen molar-refractivity contribution in [2.45, 2.75) is 57.6 Å². The highest BCUT2D eigenvalue weighted by Gasteiger charge is 2.55. The van der Waals surface area contributed by atoms with Gasteiger partial charge in [0.1, 0.15) is 18.2 Å². The Kier molecular flexibility index (Phi) is 8.20. The molecule has 1 saturated carbocycles. The number of rotatable bonds is 12. The van der Waals surface area contributed by atoms with E-state index in [9.17, 15) is 22.7 Å². The molecule has 194 valence electrons. The monoisotopic (exact) mass is 515 g/mol. The summed E-state index contributed by atoms with van der Waals surface area (Å²) >= 11 is 0. The molecular weight excluding hydrogens is 484 g/mol. The van der Waals surface area contributed by atoms with Crippen LogP contribution in [0.1, 0.15) is 38.7 Å². The van der Waals surface area contributed by atoms with E-state index in [2.05, 4.69) is 10.0 Å². The summed E-state index contributed by atoms with van der Waals surface area (Å²) in [5.41, 5.74) is -1.48. The Morgan fingerprint density at radius 2 is 1.91 bits per heavy atom. The van der Waals surface area contributed by atoms with Gasteiger partial charge in [0.05, 0.1) is 35.4 Å². The fourth-order valence-electron chi connectivity index (χ4n) is 3.64. The number of hydrogen-bond donors (Lipinski definition) is 4. The number of nitrogens with zero attached hydrogens (tertiary/aromatic N) is 1. The number of benzene rings is 1. The van der Waals surface area contributed by atoms with Crippen molar-refractivity contribution in [3.63, 3.8) is 0 Å². The summed E-state index contributed by atoms with van der Waals surface area (Å²) in [4.78, 5) is 12.6. The van der Waals surface area contributed by atoms with Crippen LogP contribution < -0.4 is 15.6 Å². The molecule has 4 N–H and O–H groups in total. The molecule has 3 rings (SSSR count). The number of hydrogen-bond acceptors (Lipinski definition) is 7. The molecule has 0 amide bonds. The average Bonchev–Trinajstić information content (AvgIpc) is 3.56. The molecular formula is C23H31F2N3O6S. The fourth-order valence-corrected chi connectivity index (χ4v) is 5.35. The third-order valence-corrected chi connectivity index (χ3v) is 7.93. The third kappa shape index (κ3) is 6.18. The standard InChI is InChI=1S/C23H31F2N3O6S/c1-14(2)12-34-13-28-10-19(27-35(32,33)23(6-7-23)9-16(30)11-29)21(20(25)22(28)31)26-18-5-4-15(3)8-17(18)24/h4-5,8,10,14,16,26-27,29-30H,6-7,9,11-13H2,1-3H3. The predicted molar refractivity (Wildman–Crippen MR) is 128 cm³/mol. The topological polar surface area (TPSA) is 130 Å². The van der Waals surface area contributed by atoms with E-state index in [4.69, 9.17) is 9.84 Å². The van der Waals surface area contributed by atoms with Crippen LogP contribution in [0, 0.1) is 24.5 Å². The van der Waals surface area contributed by atoms with Crippen LogP contribution in [0.15, 0.2) is 29.2 Å². The van der Waals surface area contributed by atoms with Gasteiger partial charge in [-0.2, -0.15) is 4.39 Å². The lowest BCUT2D eigenvalue weighted by molar-refractivity contribution is 0.0551. The maximum absolute atomic E-state index is 15.3. The molecule has 1 aromatic heterocycles. The van der Waals surface area contributed by atoms with E-state index < -0.39 is 50.4 Å². The smallest absolute Gasteiger partial charge is 0.290 e. The number of aliphatic hydroxyl groups is 2. The zero-order valence-electron chi connectivity index (χ0n) is 19.8. The molecule has 1 aliphatic carbocycles. The van der Waals surface area contributed by atoms with Gasteiger partial charge in [-0.15, -0.1) is 0 Å². The highest BCUT2D eigenvalue weighted by Crippen LogP contribution is 2.48. The molecule has 0 radical (unpaired) electrons. The molecule has 1 atom stereocenters. The first-order chi connectivity index (χ1) is 16.4. The Morgan fingerprint density at radius 3 is 2.49 bits per heavy atom. The van der Waals surface area contributed by atoms with E-state index >= 15 is 4.39 Å². The number of halogens is 2. The molecule has 0 saturated heterocycles. The second-order valence-corrected chi connectivity index (χ2v) is 11.4. The molecule has 1 unspecified atom stereocenters. The van der Waals surface area contributed by atoms with Crippen molar-refractivity contribution >= 4 is 27.1 Å².